The average Bonchev–Trinajstić information content (AvgIpc) is 2.87. The highest BCUT2D eigenvalue weighted by Gasteiger charge is 2.09. The zero-order valence-electron chi connectivity index (χ0n) is 10.4. The van der Waals surface area contributed by atoms with Crippen molar-refractivity contribution >= 4 is 33.0 Å². The Labute approximate surface area is 124 Å². The standard InChI is InChI=1S/C15H14BrFOS/c16-12-6-7-15(17)11(9-12)10-13(18)3-1-4-14-5-2-8-19-14/h2,5-9H,1,3-4,10H2. The van der Waals surface area contributed by atoms with Gasteiger partial charge in [0.1, 0.15) is 11.6 Å². The number of carbonyl (C=O) groups is 1. The monoisotopic (exact) mass is 340 g/mol. The number of thiophene rings is 1. The van der Waals surface area contributed by atoms with E-state index in [1.54, 1.807) is 23.5 Å². The molecule has 1 aromatic carbocycles. The van der Waals surface area contributed by atoms with E-state index in [4.69, 9.17) is 0 Å². The lowest BCUT2D eigenvalue weighted by molar-refractivity contribution is -0.118. The fourth-order valence-corrected chi connectivity index (χ4v) is 3.05. The fraction of sp³-hybridized carbons (Fsp3) is 0.267. The Hall–Kier alpha value is -1.00. The molecule has 0 bridgehead atoms. The highest BCUT2D eigenvalue weighted by molar-refractivity contribution is 9.10. The number of carbonyl (C=O) groups excluding carboxylic acids is 1. The topological polar surface area (TPSA) is 17.1 Å². The Morgan fingerprint density at radius 3 is 2.89 bits per heavy atom. The van der Waals surface area contributed by atoms with Crippen molar-refractivity contribution in [3.63, 3.8) is 0 Å². The first kappa shape index (κ1) is 14.4. The number of benzene rings is 1. The predicted octanol–water partition coefficient (Wildman–Crippen LogP) is 4.78. The Morgan fingerprint density at radius 2 is 2.16 bits per heavy atom. The molecule has 0 aliphatic rings. The minimum Gasteiger partial charge on any atom is -0.299 e. The smallest absolute Gasteiger partial charge is 0.137 e. The van der Waals surface area contributed by atoms with Crippen LogP contribution in [-0.4, -0.2) is 5.78 Å². The van der Waals surface area contributed by atoms with Crippen molar-refractivity contribution in [2.75, 3.05) is 0 Å². The lowest BCUT2D eigenvalue weighted by atomic mass is 10.0. The Balaban J connectivity index is 1.82. The van der Waals surface area contributed by atoms with Crippen LogP contribution in [0, 0.1) is 5.82 Å². The van der Waals surface area contributed by atoms with Crippen LogP contribution in [0.1, 0.15) is 23.3 Å². The molecular formula is C15H14BrFOS. The molecule has 1 nitrogen and oxygen atoms in total. The molecule has 0 spiro atoms. The van der Waals surface area contributed by atoms with Crippen molar-refractivity contribution in [1.82, 2.24) is 0 Å². The molecule has 4 heteroatoms. The van der Waals surface area contributed by atoms with E-state index in [2.05, 4.69) is 22.0 Å². The number of hydrogen-bond donors (Lipinski definition) is 0. The van der Waals surface area contributed by atoms with Gasteiger partial charge in [0.15, 0.2) is 0 Å². The molecule has 0 unspecified atom stereocenters. The first-order valence-electron chi connectivity index (χ1n) is 6.13. The summed E-state index contributed by atoms with van der Waals surface area (Å²) in [5.74, 6) is -0.219. The van der Waals surface area contributed by atoms with Gasteiger partial charge in [-0.1, -0.05) is 22.0 Å². The minimum atomic E-state index is -0.310. The van der Waals surface area contributed by atoms with Gasteiger partial charge in [0, 0.05) is 22.2 Å². The van der Waals surface area contributed by atoms with E-state index in [9.17, 15) is 9.18 Å². The van der Waals surface area contributed by atoms with E-state index in [1.807, 2.05) is 11.4 Å². The molecule has 2 aromatic rings. The molecule has 1 aromatic heterocycles. The maximum Gasteiger partial charge on any atom is 0.137 e. The van der Waals surface area contributed by atoms with Crippen LogP contribution >= 0.6 is 27.3 Å². The number of ketones is 1. The molecule has 0 atom stereocenters. The molecule has 0 N–H and O–H groups in total. The van der Waals surface area contributed by atoms with Crippen LogP contribution in [0.3, 0.4) is 0 Å². The third-order valence-corrected chi connectivity index (χ3v) is 4.28. The molecule has 0 saturated heterocycles. The van der Waals surface area contributed by atoms with Crippen molar-refractivity contribution in [3.8, 4) is 0 Å². The Kier molecular flexibility index (Phi) is 5.28. The van der Waals surface area contributed by atoms with Gasteiger partial charge in [-0.25, -0.2) is 4.39 Å². The second-order valence-electron chi connectivity index (χ2n) is 4.38. The number of hydrogen-bond acceptors (Lipinski definition) is 2. The van der Waals surface area contributed by atoms with E-state index >= 15 is 0 Å². The molecule has 0 aliphatic carbocycles. The summed E-state index contributed by atoms with van der Waals surface area (Å²) in [6.45, 7) is 0. The third-order valence-electron chi connectivity index (χ3n) is 2.85. The molecule has 0 saturated carbocycles. The maximum atomic E-state index is 13.5. The molecule has 0 aliphatic heterocycles. The number of rotatable bonds is 6. The molecule has 100 valence electrons. The van der Waals surface area contributed by atoms with E-state index < -0.39 is 0 Å². The van der Waals surface area contributed by atoms with Crippen molar-refractivity contribution in [2.24, 2.45) is 0 Å². The molecule has 0 radical (unpaired) electrons. The summed E-state index contributed by atoms with van der Waals surface area (Å²) in [6.07, 6.45) is 2.43. The molecule has 19 heavy (non-hydrogen) atoms. The lowest BCUT2D eigenvalue weighted by Gasteiger charge is -2.03. The van der Waals surface area contributed by atoms with E-state index in [1.165, 1.54) is 10.9 Å². The van der Waals surface area contributed by atoms with Crippen LogP contribution in [0.5, 0.6) is 0 Å². The van der Waals surface area contributed by atoms with Crippen molar-refractivity contribution in [1.29, 1.82) is 0 Å². The summed E-state index contributed by atoms with van der Waals surface area (Å²) in [5.41, 5.74) is 0.468. The number of halogens is 2. The van der Waals surface area contributed by atoms with E-state index in [0.29, 0.717) is 12.0 Å². The van der Waals surface area contributed by atoms with Gasteiger partial charge in [0.05, 0.1) is 0 Å². The van der Waals surface area contributed by atoms with Crippen LogP contribution in [0.2, 0.25) is 0 Å². The summed E-state index contributed by atoms with van der Waals surface area (Å²) in [5, 5.41) is 2.04. The fourth-order valence-electron chi connectivity index (χ4n) is 1.89. The van der Waals surface area contributed by atoms with E-state index in [-0.39, 0.29) is 18.0 Å². The van der Waals surface area contributed by atoms with Crippen molar-refractivity contribution in [3.05, 3.63) is 56.4 Å². The Bertz CT molecular complexity index is 551. The highest BCUT2D eigenvalue weighted by atomic mass is 79.9. The minimum absolute atomic E-state index is 0.0913. The van der Waals surface area contributed by atoms with Gasteiger partial charge in [-0.2, -0.15) is 0 Å². The third kappa shape index (κ3) is 4.55. The molecule has 2 rings (SSSR count). The summed E-state index contributed by atoms with van der Waals surface area (Å²) in [7, 11) is 0. The summed E-state index contributed by atoms with van der Waals surface area (Å²) in [6, 6.07) is 8.78. The summed E-state index contributed by atoms with van der Waals surface area (Å²) < 4.78 is 14.3. The number of aryl methyl sites for hydroxylation is 1. The summed E-state index contributed by atoms with van der Waals surface area (Å²) in [4.78, 5) is 13.1. The molecule has 0 fully saturated rings. The first-order valence-corrected chi connectivity index (χ1v) is 7.80. The van der Waals surface area contributed by atoms with Gasteiger partial charge >= 0.3 is 0 Å². The van der Waals surface area contributed by atoms with Crippen LogP contribution in [0.15, 0.2) is 40.2 Å². The van der Waals surface area contributed by atoms with E-state index in [0.717, 1.165) is 17.3 Å². The van der Waals surface area contributed by atoms with Gasteiger partial charge in [-0.15, -0.1) is 11.3 Å². The van der Waals surface area contributed by atoms with Crippen LogP contribution in [0.25, 0.3) is 0 Å². The van der Waals surface area contributed by atoms with Crippen molar-refractivity contribution < 1.29 is 9.18 Å². The van der Waals surface area contributed by atoms with Gasteiger partial charge < -0.3 is 0 Å². The Morgan fingerprint density at radius 1 is 1.32 bits per heavy atom. The zero-order valence-corrected chi connectivity index (χ0v) is 12.8. The normalized spacial score (nSPS) is 10.6. The van der Waals surface area contributed by atoms with Gasteiger partial charge in [-0.3, -0.25) is 4.79 Å². The highest BCUT2D eigenvalue weighted by Crippen LogP contribution is 2.17. The second kappa shape index (κ2) is 6.96. The van der Waals surface area contributed by atoms with Gasteiger partial charge in [0.25, 0.3) is 0 Å². The largest absolute Gasteiger partial charge is 0.299 e. The maximum absolute atomic E-state index is 13.5. The van der Waals surface area contributed by atoms with Crippen molar-refractivity contribution in [2.45, 2.75) is 25.7 Å². The molecular weight excluding hydrogens is 327 g/mol. The first-order chi connectivity index (χ1) is 9.15. The lowest BCUT2D eigenvalue weighted by Crippen LogP contribution is -2.05. The quantitative estimate of drug-likeness (QED) is 0.739. The van der Waals surface area contributed by atoms with Crippen LogP contribution in [0.4, 0.5) is 4.39 Å². The zero-order chi connectivity index (χ0) is 13.7. The predicted molar refractivity (Wildman–Crippen MR) is 80.1 cm³/mol. The number of Topliss-reactive ketones (excluding diaryl/α,β-unsaturated/α-hetero) is 1. The van der Waals surface area contributed by atoms with Gasteiger partial charge in [0.2, 0.25) is 0 Å². The van der Waals surface area contributed by atoms with Crippen LogP contribution in [-0.2, 0) is 17.6 Å². The SMILES string of the molecule is O=C(CCCc1cccs1)Cc1cc(Br)ccc1F. The second-order valence-corrected chi connectivity index (χ2v) is 6.33. The van der Waals surface area contributed by atoms with Crippen LogP contribution < -0.4 is 0 Å². The molecule has 0 amide bonds. The average molecular weight is 341 g/mol. The molecule has 1 heterocycles. The summed E-state index contributed by atoms with van der Waals surface area (Å²) >= 11 is 4.99. The van der Waals surface area contributed by atoms with Gasteiger partial charge in [-0.05, 0) is 48.1 Å².